The van der Waals surface area contributed by atoms with E-state index in [1.165, 1.54) is 13.2 Å². The molecule has 1 saturated carbocycles. The summed E-state index contributed by atoms with van der Waals surface area (Å²) in [6.07, 6.45) is 6.17. The van der Waals surface area contributed by atoms with Gasteiger partial charge < -0.3 is 9.88 Å². The number of pyridine rings is 1. The molecule has 0 aliphatic heterocycles. The summed E-state index contributed by atoms with van der Waals surface area (Å²) in [5, 5.41) is 12.2. The van der Waals surface area contributed by atoms with Crippen molar-refractivity contribution in [2.75, 3.05) is 24.7 Å². The summed E-state index contributed by atoms with van der Waals surface area (Å²) in [6.45, 7) is 0. The molecule has 0 saturated heterocycles. The summed E-state index contributed by atoms with van der Waals surface area (Å²) in [7, 11) is 0.0816. The van der Waals surface area contributed by atoms with Crippen LogP contribution >= 0.6 is 0 Å². The summed E-state index contributed by atoms with van der Waals surface area (Å²) < 4.78 is 25.8. The maximum absolute atomic E-state index is 11.7. The van der Waals surface area contributed by atoms with Crippen LogP contribution in [0.1, 0.15) is 25.7 Å². The highest BCUT2D eigenvalue weighted by atomic mass is 32.2. The molecule has 2 heterocycles. The highest BCUT2D eigenvalue weighted by molar-refractivity contribution is 7.89. The molecule has 2 aromatic rings. The first kappa shape index (κ1) is 18.6. The van der Waals surface area contributed by atoms with Crippen molar-refractivity contribution in [3.05, 3.63) is 28.6 Å². The molecule has 0 unspecified atom stereocenters. The average Bonchev–Trinajstić information content (AvgIpc) is 3.09. The molecular formula is C16H23N5O4S. The van der Waals surface area contributed by atoms with E-state index in [4.69, 9.17) is 0 Å². The van der Waals surface area contributed by atoms with Crippen LogP contribution in [0.5, 0.6) is 0 Å². The van der Waals surface area contributed by atoms with Crippen LogP contribution < -0.4 is 9.62 Å². The molecule has 2 aromatic heterocycles. The number of nitrogens with zero attached hydrogens (tertiary/aromatic N) is 3. The second kappa shape index (κ2) is 7.20. The molecule has 3 rings (SSSR count). The summed E-state index contributed by atoms with van der Waals surface area (Å²) in [6, 6.07) is 1.93. The van der Waals surface area contributed by atoms with E-state index < -0.39 is 14.9 Å². The fraction of sp³-hybridized carbons (Fsp3) is 0.562. The average molecular weight is 381 g/mol. The summed E-state index contributed by atoms with van der Waals surface area (Å²) in [4.78, 5) is 20.1. The van der Waals surface area contributed by atoms with Gasteiger partial charge in [-0.15, -0.1) is 0 Å². The first-order valence-corrected chi connectivity index (χ1v) is 10.2. The van der Waals surface area contributed by atoms with Gasteiger partial charge in [-0.3, -0.25) is 10.1 Å². The lowest BCUT2D eigenvalue weighted by Gasteiger charge is -2.35. The number of rotatable bonds is 6. The number of aromatic nitrogens is 2. The second-order valence-corrected chi connectivity index (χ2v) is 8.73. The van der Waals surface area contributed by atoms with Crippen molar-refractivity contribution in [3.8, 4) is 0 Å². The molecule has 0 aromatic carbocycles. The number of nitrogens with one attached hydrogen (secondary N) is 2. The fourth-order valence-corrected chi connectivity index (χ4v) is 4.88. The number of hydrogen-bond donors (Lipinski definition) is 2. The van der Waals surface area contributed by atoms with Crippen LogP contribution in [-0.4, -0.2) is 49.2 Å². The molecule has 26 heavy (non-hydrogen) atoms. The minimum Gasteiger partial charge on any atom is -0.365 e. The molecule has 2 N–H and O–H groups in total. The quantitative estimate of drug-likeness (QED) is 0.583. The maximum atomic E-state index is 11.7. The highest BCUT2D eigenvalue weighted by Crippen LogP contribution is 2.38. The van der Waals surface area contributed by atoms with Crippen LogP contribution in [0.15, 0.2) is 18.5 Å². The van der Waals surface area contributed by atoms with Crippen LogP contribution in [0.4, 0.5) is 11.4 Å². The zero-order chi connectivity index (χ0) is 18.9. The number of nitro groups is 1. The number of anilines is 1. The molecule has 0 atom stereocenters. The van der Waals surface area contributed by atoms with E-state index in [-0.39, 0.29) is 23.4 Å². The van der Waals surface area contributed by atoms with E-state index in [0.29, 0.717) is 11.3 Å². The van der Waals surface area contributed by atoms with Gasteiger partial charge in [-0.1, -0.05) is 0 Å². The van der Waals surface area contributed by atoms with Gasteiger partial charge in [0.05, 0.1) is 10.7 Å². The molecule has 1 fully saturated rings. The zero-order valence-corrected chi connectivity index (χ0v) is 15.6. The predicted octanol–water partition coefficient (Wildman–Crippen LogP) is 2.02. The van der Waals surface area contributed by atoms with E-state index in [1.54, 1.807) is 12.3 Å². The van der Waals surface area contributed by atoms with Crippen LogP contribution in [0, 0.1) is 16.0 Å². The molecule has 10 heteroatoms. The molecule has 1 aliphatic rings. The van der Waals surface area contributed by atoms with Gasteiger partial charge in [0.1, 0.15) is 17.5 Å². The summed E-state index contributed by atoms with van der Waals surface area (Å²) in [5.41, 5.74) is 1.17. The Balaban J connectivity index is 1.80. The van der Waals surface area contributed by atoms with E-state index >= 15 is 0 Å². The lowest BCUT2D eigenvalue weighted by molar-refractivity contribution is -0.384. The van der Waals surface area contributed by atoms with Gasteiger partial charge in [0, 0.05) is 24.7 Å². The summed E-state index contributed by atoms with van der Waals surface area (Å²) in [5.74, 6) is 0.258. The first-order valence-electron chi connectivity index (χ1n) is 8.57. The molecule has 1 aliphatic carbocycles. The normalized spacial score (nSPS) is 21.0. The number of hydrogen-bond acceptors (Lipinski definition) is 6. The third-order valence-corrected chi connectivity index (χ3v) is 6.75. The molecular weight excluding hydrogens is 358 g/mol. The Hall–Kier alpha value is -2.20. The van der Waals surface area contributed by atoms with Gasteiger partial charge in [0.25, 0.3) is 0 Å². The van der Waals surface area contributed by atoms with Crippen molar-refractivity contribution in [3.63, 3.8) is 0 Å². The lowest BCUT2D eigenvalue weighted by Crippen LogP contribution is -2.37. The smallest absolute Gasteiger partial charge is 0.311 e. The Bertz CT molecular complexity index is 903. The third kappa shape index (κ3) is 3.65. The number of aromatic amines is 1. The third-order valence-electron chi connectivity index (χ3n) is 5.22. The monoisotopic (exact) mass is 381 g/mol. The Morgan fingerprint density at radius 1 is 1.38 bits per heavy atom. The van der Waals surface area contributed by atoms with Crippen LogP contribution in [0.3, 0.4) is 0 Å². The highest BCUT2D eigenvalue weighted by Gasteiger charge is 2.31. The van der Waals surface area contributed by atoms with Gasteiger partial charge >= 0.3 is 5.69 Å². The lowest BCUT2D eigenvalue weighted by atomic mass is 9.86. The molecule has 0 bridgehead atoms. The minimum atomic E-state index is -3.21. The number of H-pyrrole nitrogens is 1. The van der Waals surface area contributed by atoms with Crippen molar-refractivity contribution in [2.45, 2.75) is 31.7 Å². The van der Waals surface area contributed by atoms with E-state index in [0.717, 1.165) is 31.1 Å². The van der Waals surface area contributed by atoms with E-state index in [1.807, 2.05) is 11.9 Å². The van der Waals surface area contributed by atoms with Crippen molar-refractivity contribution in [2.24, 2.45) is 5.92 Å². The molecule has 142 valence electrons. The van der Waals surface area contributed by atoms with E-state index in [9.17, 15) is 18.5 Å². The van der Waals surface area contributed by atoms with Crippen LogP contribution in [-0.2, 0) is 10.0 Å². The largest absolute Gasteiger partial charge is 0.365 e. The Morgan fingerprint density at radius 3 is 2.69 bits per heavy atom. The Morgan fingerprint density at radius 2 is 2.08 bits per heavy atom. The first-order chi connectivity index (χ1) is 12.3. The molecule has 9 nitrogen and oxygen atoms in total. The van der Waals surface area contributed by atoms with E-state index in [2.05, 4.69) is 14.7 Å². The van der Waals surface area contributed by atoms with Gasteiger partial charge in [-0.05, 0) is 44.7 Å². The van der Waals surface area contributed by atoms with Gasteiger partial charge in [0.15, 0.2) is 0 Å². The SMILES string of the molecule is CNS(=O)(=O)CC1CCC(N(C)c2c([N+](=O)[O-])cnc3[nH]ccc23)CC1. The minimum absolute atomic E-state index is 0.0144. The van der Waals surface area contributed by atoms with Crippen molar-refractivity contribution < 1.29 is 13.3 Å². The molecule has 0 spiro atoms. The zero-order valence-electron chi connectivity index (χ0n) is 14.8. The second-order valence-electron chi connectivity index (χ2n) is 6.76. The standard InChI is InChI=1S/C16H23N5O4S/c1-17-26(24,25)10-11-3-5-12(6-4-11)20(2)15-13-7-8-18-16(13)19-9-14(15)21(22)23/h7-9,11-12,17H,3-6,10H2,1-2H3,(H,18,19). The maximum Gasteiger partial charge on any atom is 0.311 e. The van der Waals surface area contributed by atoms with Crippen molar-refractivity contribution in [1.82, 2.24) is 14.7 Å². The number of sulfonamides is 1. The molecule has 0 radical (unpaired) electrons. The van der Waals surface area contributed by atoms with Gasteiger partial charge in [-0.25, -0.2) is 18.1 Å². The predicted molar refractivity (Wildman–Crippen MR) is 99.7 cm³/mol. The Kier molecular flexibility index (Phi) is 5.15. The van der Waals surface area contributed by atoms with Crippen molar-refractivity contribution in [1.29, 1.82) is 0 Å². The summed E-state index contributed by atoms with van der Waals surface area (Å²) >= 11 is 0. The van der Waals surface area contributed by atoms with Gasteiger partial charge in [0.2, 0.25) is 10.0 Å². The van der Waals surface area contributed by atoms with Crippen LogP contribution in [0.2, 0.25) is 0 Å². The fourth-order valence-electron chi connectivity index (χ4n) is 3.76. The van der Waals surface area contributed by atoms with Crippen LogP contribution in [0.25, 0.3) is 11.0 Å². The topological polar surface area (TPSA) is 121 Å². The van der Waals surface area contributed by atoms with Crippen molar-refractivity contribution >= 4 is 32.4 Å². The van der Waals surface area contributed by atoms with Gasteiger partial charge in [-0.2, -0.15) is 0 Å². The Labute approximate surface area is 152 Å². The number of fused-ring (bicyclic) bond motifs is 1. The molecule has 0 amide bonds.